The van der Waals surface area contributed by atoms with Crippen LogP contribution in [-0.4, -0.2) is 16.2 Å². The maximum Gasteiger partial charge on any atom is 0.156 e. The van der Waals surface area contributed by atoms with Gasteiger partial charge < -0.3 is 5.32 Å². The van der Waals surface area contributed by atoms with E-state index in [0.717, 1.165) is 22.6 Å². The number of rotatable bonds is 3. The summed E-state index contributed by atoms with van der Waals surface area (Å²) in [5.74, 6) is 0.656. The second kappa shape index (κ2) is 3.87. The molecule has 0 unspecified atom stereocenters. The molecule has 1 aromatic heterocycles. The predicted octanol–water partition coefficient (Wildman–Crippen LogP) is 3.10. The topological polar surface area (TPSA) is 40.7 Å². The highest BCUT2D eigenvalue weighted by atomic mass is 19.1. The highest BCUT2D eigenvalue weighted by Gasteiger charge is 2.24. The highest BCUT2D eigenvalue weighted by Crippen LogP contribution is 2.33. The number of hydrogen-bond donors (Lipinski definition) is 2. The van der Waals surface area contributed by atoms with E-state index in [1.54, 1.807) is 12.1 Å². The average molecular weight is 231 g/mol. The molecule has 3 rings (SSSR count). The number of H-pyrrole nitrogens is 1. The first-order valence-electron chi connectivity index (χ1n) is 5.81. The Labute approximate surface area is 99.1 Å². The van der Waals surface area contributed by atoms with Crippen LogP contribution in [0, 0.1) is 12.7 Å². The quantitative estimate of drug-likeness (QED) is 0.852. The largest absolute Gasteiger partial charge is 0.365 e. The molecule has 1 fully saturated rings. The molecule has 0 bridgehead atoms. The zero-order valence-electron chi connectivity index (χ0n) is 9.63. The fourth-order valence-corrected chi connectivity index (χ4v) is 1.92. The summed E-state index contributed by atoms with van der Waals surface area (Å²) in [7, 11) is 0. The lowest BCUT2D eigenvalue weighted by molar-refractivity contribution is 0.628. The Bertz CT molecular complexity index is 526. The summed E-state index contributed by atoms with van der Waals surface area (Å²) in [6.07, 6.45) is 2.41. The Morgan fingerprint density at radius 1 is 1.29 bits per heavy atom. The monoisotopic (exact) mass is 231 g/mol. The summed E-state index contributed by atoms with van der Waals surface area (Å²) in [5.41, 5.74) is 3.03. The zero-order valence-corrected chi connectivity index (χ0v) is 9.63. The van der Waals surface area contributed by atoms with Gasteiger partial charge in [0, 0.05) is 17.3 Å². The molecule has 1 aliphatic rings. The summed E-state index contributed by atoms with van der Waals surface area (Å²) in [4.78, 5) is 0. The van der Waals surface area contributed by atoms with Gasteiger partial charge in [-0.2, -0.15) is 5.10 Å². The Morgan fingerprint density at radius 3 is 2.65 bits per heavy atom. The number of nitrogens with zero attached hydrogens (tertiary/aromatic N) is 1. The molecule has 4 heteroatoms. The summed E-state index contributed by atoms with van der Waals surface area (Å²) in [6.45, 7) is 1.98. The van der Waals surface area contributed by atoms with Crippen molar-refractivity contribution in [2.45, 2.75) is 25.8 Å². The van der Waals surface area contributed by atoms with Gasteiger partial charge >= 0.3 is 0 Å². The molecular weight excluding hydrogens is 217 g/mol. The van der Waals surface area contributed by atoms with Crippen LogP contribution in [-0.2, 0) is 0 Å². The van der Waals surface area contributed by atoms with Gasteiger partial charge in [0.25, 0.3) is 0 Å². The summed E-state index contributed by atoms with van der Waals surface area (Å²) in [6, 6.07) is 7.07. The molecule has 1 aliphatic carbocycles. The van der Waals surface area contributed by atoms with Gasteiger partial charge in [-0.15, -0.1) is 0 Å². The Balaban J connectivity index is 1.99. The molecule has 0 aliphatic heterocycles. The van der Waals surface area contributed by atoms with E-state index in [2.05, 4.69) is 15.5 Å². The van der Waals surface area contributed by atoms with E-state index in [9.17, 15) is 4.39 Å². The van der Waals surface area contributed by atoms with E-state index in [4.69, 9.17) is 0 Å². The van der Waals surface area contributed by atoms with Gasteiger partial charge in [-0.1, -0.05) is 12.1 Å². The van der Waals surface area contributed by atoms with Gasteiger partial charge in [0.15, 0.2) is 5.82 Å². The number of anilines is 1. The predicted molar refractivity (Wildman–Crippen MR) is 65.4 cm³/mol. The van der Waals surface area contributed by atoms with Gasteiger partial charge in [0.2, 0.25) is 0 Å². The minimum atomic E-state index is -0.216. The van der Waals surface area contributed by atoms with Crippen molar-refractivity contribution in [1.29, 1.82) is 0 Å². The summed E-state index contributed by atoms with van der Waals surface area (Å²) in [5, 5.41) is 10.6. The van der Waals surface area contributed by atoms with Crippen LogP contribution in [0.5, 0.6) is 0 Å². The van der Waals surface area contributed by atoms with Crippen LogP contribution in [0.4, 0.5) is 10.2 Å². The SMILES string of the molecule is Cc1[nH]nc(NC2CC2)c1-c1ccc(F)cc1. The third kappa shape index (κ3) is 2.02. The Hall–Kier alpha value is -1.84. The lowest BCUT2D eigenvalue weighted by Gasteiger charge is -2.05. The number of hydrogen-bond acceptors (Lipinski definition) is 2. The van der Waals surface area contributed by atoms with E-state index in [-0.39, 0.29) is 5.82 Å². The van der Waals surface area contributed by atoms with Gasteiger partial charge in [-0.3, -0.25) is 5.10 Å². The number of aromatic amines is 1. The highest BCUT2D eigenvalue weighted by molar-refractivity contribution is 5.77. The van der Waals surface area contributed by atoms with Crippen molar-refractivity contribution in [3.05, 3.63) is 35.8 Å². The maximum atomic E-state index is 12.9. The van der Waals surface area contributed by atoms with Crippen LogP contribution >= 0.6 is 0 Å². The van der Waals surface area contributed by atoms with Crippen molar-refractivity contribution < 1.29 is 4.39 Å². The van der Waals surface area contributed by atoms with Crippen LogP contribution < -0.4 is 5.32 Å². The second-order valence-corrected chi connectivity index (χ2v) is 4.50. The third-order valence-electron chi connectivity index (χ3n) is 3.00. The lowest BCUT2D eigenvalue weighted by Crippen LogP contribution is -2.02. The smallest absolute Gasteiger partial charge is 0.156 e. The van der Waals surface area contributed by atoms with Crippen molar-refractivity contribution in [3.8, 4) is 11.1 Å². The Kier molecular flexibility index (Phi) is 2.35. The van der Waals surface area contributed by atoms with E-state index >= 15 is 0 Å². The first-order chi connectivity index (χ1) is 8.24. The molecule has 2 N–H and O–H groups in total. The maximum absolute atomic E-state index is 12.9. The molecule has 88 valence electrons. The molecule has 0 atom stereocenters. The van der Waals surface area contributed by atoms with Crippen LogP contribution in [0.25, 0.3) is 11.1 Å². The fraction of sp³-hybridized carbons (Fsp3) is 0.308. The molecule has 0 radical (unpaired) electrons. The lowest BCUT2D eigenvalue weighted by atomic mass is 10.1. The van der Waals surface area contributed by atoms with Crippen molar-refractivity contribution in [3.63, 3.8) is 0 Å². The number of halogens is 1. The number of aryl methyl sites for hydroxylation is 1. The molecule has 2 aromatic rings. The van der Waals surface area contributed by atoms with Crippen molar-refractivity contribution in [2.75, 3.05) is 5.32 Å². The van der Waals surface area contributed by atoms with Crippen LogP contribution in [0.1, 0.15) is 18.5 Å². The minimum Gasteiger partial charge on any atom is -0.365 e. The fourth-order valence-electron chi connectivity index (χ4n) is 1.92. The second-order valence-electron chi connectivity index (χ2n) is 4.50. The van der Waals surface area contributed by atoms with E-state index in [1.165, 1.54) is 25.0 Å². The molecule has 1 heterocycles. The number of aromatic nitrogens is 2. The molecular formula is C13H14FN3. The van der Waals surface area contributed by atoms with E-state index in [1.807, 2.05) is 6.92 Å². The van der Waals surface area contributed by atoms with Crippen molar-refractivity contribution in [1.82, 2.24) is 10.2 Å². The average Bonchev–Trinajstić information content (AvgIpc) is 3.05. The summed E-state index contributed by atoms with van der Waals surface area (Å²) >= 11 is 0. The first-order valence-corrected chi connectivity index (χ1v) is 5.81. The first kappa shape index (κ1) is 10.3. The van der Waals surface area contributed by atoms with Gasteiger partial charge in [0.05, 0.1) is 0 Å². The van der Waals surface area contributed by atoms with Crippen LogP contribution in [0.2, 0.25) is 0 Å². The van der Waals surface area contributed by atoms with Crippen LogP contribution in [0.3, 0.4) is 0 Å². The van der Waals surface area contributed by atoms with Gasteiger partial charge in [-0.05, 0) is 37.5 Å². The molecule has 3 nitrogen and oxygen atoms in total. The Morgan fingerprint density at radius 2 is 2.00 bits per heavy atom. The van der Waals surface area contributed by atoms with E-state index in [0.29, 0.717) is 6.04 Å². The van der Waals surface area contributed by atoms with Crippen molar-refractivity contribution >= 4 is 5.82 Å². The molecule has 0 saturated heterocycles. The molecule has 0 spiro atoms. The van der Waals surface area contributed by atoms with Gasteiger partial charge in [0.1, 0.15) is 5.82 Å². The summed E-state index contributed by atoms with van der Waals surface area (Å²) < 4.78 is 12.9. The van der Waals surface area contributed by atoms with E-state index < -0.39 is 0 Å². The van der Waals surface area contributed by atoms with Crippen LogP contribution in [0.15, 0.2) is 24.3 Å². The van der Waals surface area contributed by atoms with Gasteiger partial charge in [-0.25, -0.2) is 4.39 Å². The normalized spacial score (nSPS) is 14.9. The molecule has 0 amide bonds. The molecule has 1 saturated carbocycles. The molecule has 1 aromatic carbocycles. The number of benzene rings is 1. The number of nitrogens with one attached hydrogen (secondary N) is 2. The zero-order chi connectivity index (χ0) is 11.8. The molecule has 17 heavy (non-hydrogen) atoms. The minimum absolute atomic E-state index is 0.216. The standard InChI is InChI=1S/C13H14FN3/c1-8-12(9-2-4-10(14)5-3-9)13(17-16-8)15-11-6-7-11/h2-5,11H,6-7H2,1H3,(H2,15,16,17). The third-order valence-corrected chi connectivity index (χ3v) is 3.00. The van der Waals surface area contributed by atoms with Crippen molar-refractivity contribution in [2.24, 2.45) is 0 Å².